The van der Waals surface area contributed by atoms with Gasteiger partial charge in [0.25, 0.3) is 0 Å². The lowest BCUT2D eigenvalue weighted by Crippen LogP contribution is -2.51. The van der Waals surface area contributed by atoms with E-state index in [1.165, 1.54) is 32.1 Å². The summed E-state index contributed by atoms with van der Waals surface area (Å²) in [5, 5.41) is 19.6. The Balaban J connectivity index is 1.29. The molecule has 0 amide bonds. The fourth-order valence-electron chi connectivity index (χ4n) is 8.58. The van der Waals surface area contributed by atoms with E-state index in [-0.39, 0.29) is 12.7 Å². The van der Waals surface area contributed by atoms with E-state index in [0.29, 0.717) is 40.8 Å². The van der Waals surface area contributed by atoms with E-state index < -0.39 is 0 Å². The number of rotatable bonds is 5. The predicted octanol–water partition coefficient (Wildman–Crippen LogP) is 5.53. The van der Waals surface area contributed by atoms with Gasteiger partial charge in [0.2, 0.25) is 5.88 Å². The smallest absolute Gasteiger partial charge is 0.213 e. The molecule has 4 heteroatoms. The van der Waals surface area contributed by atoms with E-state index in [0.717, 1.165) is 37.0 Å². The van der Waals surface area contributed by atoms with Gasteiger partial charge < -0.3 is 14.9 Å². The molecule has 1 aromatic rings. The second-order valence-corrected chi connectivity index (χ2v) is 11.8. The lowest BCUT2D eigenvalue weighted by Gasteiger charge is -2.58. The maximum Gasteiger partial charge on any atom is 0.213 e. The Labute approximate surface area is 193 Å². The van der Waals surface area contributed by atoms with Gasteiger partial charge in [-0.05, 0) is 97.9 Å². The molecule has 1 heterocycles. The van der Waals surface area contributed by atoms with Crippen molar-refractivity contribution in [3.63, 3.8) is 0 Å². The molecular weight excluding hydrogens is 398 g/mol. The molecule has 1 unspecified atom stereocenters. The van der Waals surface area contributed by atoms with Crippen LogP contribution in [0.15, 0.2) is 29.8 Å². The quantitative estimate of drug-likeness (QED) is 0.592. The third-order valence-corrected chi connectivity index (χ3v) is 10.3. The van der Waals surface area contributed by atoms with Gasteiger partial charge in [0.15, 0.2) is 0 Å². The second kappa shape index (κ2) is 8.43. The first-order valence-electron chi connectivity index (χ1n) is 12.9. The Morgan fingerprint density at radius 3 is 2.78 bits per heavy atom. The van der Waals surface area contributed by atoms with Gasteiger partial charge in [-0.2, -0.15) is 0 Å². The summed E-state index contributed by atoms with van der Waals surface area (Å²) in [5.74, 6) is 4.23. The summed E-state index contributed by atoms with van der Waals surface area (Å²) >= 11 is 0. The minimum atomic E-state index is -0.121. The molecule has 3 fully saturated rings. The monoisotopic (exact) mass is 439 g/mol. The Bertz CT molecular complexity index is 868. The normalized spacial score (nSPS) is 41.8. The van der Waals surface area contributed by atoms with Crippen molar-refractivity contribution in [3.05, 3.63) is 35.5 Å². The Hall–Kier alpha value is -1.39. The van der Waals surface area contributed by atoms with Gasteiger partial charge in [-0.25, -0.2) is 4.98 Å². The summed E-state index contributed by atoms with van der Waals surface area (Å²) in [7, 11) is 0. The van der Waals surface area contributed by atoms with Crippen LogP contribution in [0.5, 0.6) is 5.88 Å². The van der Waals surface area contributed by atoms with Crippen molar-refractivity contribution in [2.75, 3.05) is 6.61 Å². The molecule has 0 aromatic carbocycles. The number of hydrogen-bond donors (Lipinski definition) is 2. The number of nitrogens with zero attached hydrogens (tertiary/aromatic N) is 1. The van der Waals surface area contributed by atoms with E-state index in [9.17, 15) is 10.2 Å². The first-order valence-corrected chi connectivity index (χ1v) is 12.9. The van der Waals surface area contributed by atoms with Crippen molar-refractivity contribution in [2.24, 2.45) is 40.4 Å². The van der Waals surface area contributed by atoms with Crippen LogP contribution in [-0.4, -0.2) is 27.9 Å². The molecule has 2 N–H and O–H groups in total. The van der Waals surface area contributed by atoms with Crippen molar-refractivity contribution < 1.29 is 14.9 Å². The number of aliphatic hydroxyl groups excluding tert-OH is 2. The van der Waals surface area contributed by atoms with E-state index in [1.54, 1.807) is 5.57 Å². The summed E-state index contributed by atoms with van der Waals surface area (Å²) in [5.41, 5.74) is 2.95. The van der Waals surface area contributed by atoms with E-state index in [4.69, 9.17) is 4.74 Å². The topological polar surface area (TPSA) is 62.6 Å². The van der Waals surface area contributed by atoms with Crippen molar-refractivity contribution in [2.45, 2.75) is 84.8 Å². The van der Waals surface area contributed by atoms with Crippen LogP contribution in [0.2, 0.25) is 0 Å². The predicted molar refractivity (Wildman–Crippen MR) is 126 cm³/mol. The lowest BCUT2D eigenvalue weighted by atomic mass is 9.47. The molecule has 5 rings (SSSR count). The molecule has 32 heavy (non-hydrogen) atoms. The van der Waals surface area contributed by atoms with Crippen molar-refractivity contribution in [1.29, 1.82) is 0 Å². The number of allylic oxidation sites excluding steroid dienone is 1. The summed E-state index contributed by atoms with van der Waals surface area (Å²) < 4.78 is 6.10. The standard InChI is InChI=1S/C28H41NO3/c1-18(17-32-26-6-4-5-20(16-30)29-26)23-9-10-24-22-8-7-19-15-21(31)11-13-27(19,2)25(22)12-14-28(23,24)3/h4-7,18,21-25,30-31H,8-17H2,1-3H3/t18?,21-,22-,23+,24-,25-,27-,28+/m0/s1. The molecule has 0 spiro atoms. The number of fused-ring (bicyclic) bond motifs is 5. The van der Waals surface area contributed by atoms with Crippen LogP contribution >= 0.6 is 0 Å². The molecule has 1 aromatic heterocycles. The van der Waals surface area contributed by atoms with Gasteiger partial charge in [0.05, 0.1) is 25.0 Å². The molecule has 0 bridgehead atoms. The number of ether oxygens (including phenoxy) is 1. The number of hydrogen-bond acceptors (Lipinski definition) is 4. The molecular formula is C28H41NO3. The molecule has 4 aliphatic rings. The minimum Gasteiger partial charge on any atom is -0.477 e. The number of aliphatic hydroxyl groups is 2. The zero-order chi connectivity index (χ0) is 22.5. The SMILES string of the molecule is CC(COc1cccc(CO)n1)[C@H]1CC[C@H]2[C@@H]3CC=C4C[C@@H](O)CC[C@]4(C)[C@H]3CC[C@]12C. The number of aromatic nitrogens is 1. The average Bonchev–Trinajstić information content (AvgIpc) is 3.15. The van der Waals surface area contributed by atoms with Crippen LogP contribution in [0.25, 0.3) is 0 Å². The fraction of sp³-hybridized carbons (Fsp3) is 0.750. The van der Waals surface area contributed by atoms with Gasteiger partial charge in [0, 0.05) is 6.07 Å². The third kappa shape index (κ3) is 3.62. The van der Waals surface area contributed by atoms with E-state index >= 15 is 0 Å². The Kier molecular flexibility index (Phi) is 5.90. The molecule has 8 atom stereocenters. The third-order valence-electron chi connectivity index (χ3n) is 10.3. The molecule has 0 radical (unpaired) electrons. The van der Waals surface area contributed by atoms with Crippen LogP contribution in [0.3, 0.4) is 0 Å². The Morgan fingerprint density at radius 1 is 1.12 bits per heavy atom. The maximum atomic E-state index is 10.2. The summed E-state index contributed by atoms with van der Waals surface area (Å²) in [6, 6.07) is 5.63. The highest BCUT2D eigenvalue weighted by molar-refractivity contribution is 5.25. The van der Waals surface area contributed by atoms with Gasteiger partial charge in [-0.3, -0.25) is 0 Å². The highest BCUT2D eigenvalue weighted by atomic mass is 16.5. The van der Waals surface area contributed by atoms with Crippen LogP contribution in [0, 0.1) is 40.4 Å². The highest BCUT2D eigenvalue weighted by Crippen LogP contribution is 2.67. The van der Waals surface area contributed by atoms with E-state index in [2.05, 4.69) is 31.8 Å². The average molecular weight is 440 g/mol. The van der Waals surface area contributed by atoms with Crippen LogP contribution in [0.4, 0.5) is 0 Å². The molecule has 176 valence electrons. The largest absolute Gasteiger partial charge is 0.477 e. The Morgan fingerprint density at radius 2 is 1.97 bits per heavy atom. The van der Waals surface area contributed by atoms with Crippen LogP contribution in [-0.2, 0) is 6.61 Å². The zero-order valence-electron chi connectivity index (χ0n) is 20.1. The highest BCUT2D eigenvalue weighted by Gasteiger charge is 2.59. The minimum absolute atomic E-state index is 0.0499. The maximum absolute atomic E-state index is 10.2. The summed E-state index contributed by atoms with van der Waals surface area (Å²) in [4.78, 5) is 4.40. The lowest BCUT2D eigenvalue weighted by molar-refractivity contribution is -0.0592. The van der Waals surface area contributed by atoms with Crippen LogP contribution in [0.1, 0.15) is 77.8 Å². The fourth-order valence-corrected chi connectivity index (χ4v) is 8.58. The summed E-state index contributed by atoms with van der Waals surface area (Å²) in [6.45, 7) is 8.11. The van der Waals surface area contributed by atoms with E-state index in [1.807, 2.05) is 18.2 Å². The number of pyridine rings is 1. The van der Waals surface area contributed by atoms with Gasteiger partial charge >= 0.3 is 0 Å². The molecule has 4 aliphatic carbocycles. The van der Waals surface area contributed by atoms with Crippen molar-refractivity contribution in [1.82, 2.24) is 4.98 Å². The van der Waals surface area contributed by atoms with Gasteiger partial charge in [-0.15, -0.1) is 0 Å². The van der Waals surface area contributed by atoms with Crippen LogP contribution < -0.4 is 4.74 Å². The zero-order valence-corrected chi connectivity index (χ0v) is 20.1. The second-order valence-electron chi connectivity index (χ2n) is 11.8. The molecule has 0 aliphatic heterocycles. The van der Waals surface area contributed by atoms with Crippen molar-refractivity contribution >= 4 is 0 Å². The van der Waals surface area contributed by atoms with Gasteiger partial charge in [-0.1, -0.05) is 38.5 Å². The molecule has 0 saturated heterocycles. The molecule has 4 nitrogen and oxygen atoms in total. The molecule has 3 saturated carbocycles. The van der Waals surface area contributed by atoms with Crippen molar-refractivity contribution in [3.8, 4) is 5.88 Å². The van der Waals surface area contributed by atoms with Gasteiger partial charge in [0.1, 0.15) is 0 Å². The first-order chi connectivity index (χ1) is 15.3. The summed E-state index contributed by atoms with van der Waals surface area (Å²) in [6.07, 6.45) is 12.0. The first kappa shape index (κ1) is 22.4.